The first kappa shape index (κ1) is 17.9. The van der Waals surface area contributed by atoms with Crippen LogP contribution >= 0.6 is 0 Å². The highest BCUT2D eigenvalue weighted by Gasteiger charge is 2.14. The van der Waals surface area contributed by atoms with Gasteiger partial charge in [0.1, 0.15) is 18.2 Å². The highest BCUT2D eigenvalue weighted by atomic mass is 16.5. The average molecular weight is 354 g/mol. The maximum Gasteiger partial charge on any atom is 0.335 e. The van der Waals surface area contributed by atoms with Gasteiger partial charge in [-0.05, 0) is 44.2 Å². The number of imidazole rings is 1. The molecule has 6 nitrogen and oxygen atoms in total. The van der Waals surface area contributed by atoms with Gasteiger partial charge in [-0.3, -0.25) is 0 Å². The summed E-state index contributed by atoms with van der Waals surface area (Å²) in [5.41, 5.74) is 2.90. The average Bonchev–Trinajstić information content (AvgIpc) is 2.98. The third kappa shape index (κ3) is 4.03. The molecule has 1 aromatic heterocycles. The lowest BCUT2D eigenvalue weighted by atomic mass is 10.2. The molecule has 26 heavy (non-hydrogen) atoms. The first-order chi connectivity index (χ1) is 12.6. The fourth-order valence-corrected chi connectivity index (χ4v) is 2.75. The molecule has 136 valence electrons. The normalized spacial score (nSPS) is 11.0. The predicted molar refractivity (Wildman–Crippen MR) is 98.7 cm³/mol. The molecule has 1 N–H and O–H groups in total. The number of carboxylic acids is 1. The summed E-state index contributed by atoms with van der Waals surface area (Å²) in [5.74, 6) is 0.543. The van der Waals surface area contributed by atoms with Crippen molar-refractivity contribution in [2.24, 2.45) is 0 Å². The molecule has 0 spiro atoms. The molecule has 0 radical (unpaired) electrons. The summed E-state index contributed by atoms with van der Waals surface area (Å²) in [6.45, 7) is 6.10. The Kier molecular flexibility index (Phi) is 5.53. The summed E-state index contributed by atoms with van der Waals surface area (Å²) >= 11 is 0. The Morgan fingerprint density at radius 3 is 2.65 bits per heavy atom. The first-order valence-corrected chi connectivity index (χ1v) is 8.58. The Hall–Kier alpha value is -2.86. The van der Waals surface area contributed by atoms with Crippen LogP contribution in [0.25, 0.3) is 11.0 Å². The second-order valence-corrected chi connectivity index (χ2v) is 5.99. The van der Waals surface area contributed by atoms with Gasteiger partial charge < -0.3 is 19.1 Å². The van der Waals surface area contributed by atoms with Gasteiger partial charge in [-0.2, -0.15) is 0 Å². The molecule has 0 aliphatic heterocycles. The molecule has 0 unspecified atom stereocenters. The van der Waals surface area contributed by atoms with Crippen LogP contribution in [0.3, 0.4) is 0 Å². The molecule has 0 amide bonds. The second-order valence-electron chi connectivity index (χ2n) is 5.99. The molecular weight excluding hydrogens is 332 g/mol. The zero-order valence-electron chi connectivity index (χ0n) is 14.9. The summed E-state index contributed by atoms with van der Waals surface area (Å²) in [5, 5.41) is 9.19. The van der Waals surface area contributed by atoms with E-state index in [0.29, 0.717) is 31.9 Å². The third-order valence-corrected chi connectivity index (χ3v) is 4.13. The molecule has 2 aromatic carbocycles. The van der Waals surface area contributed by atoms with Crippen LogP contribution in [0.4, 0.5) is 0 Å². The van der Waals surface area contributed by atoms with E-state index in [4.69, 9.17) is 9.47 Å². The molecule has 3 aromatic rings. The molecule has 0 saturated heterocycles. The molecule has 6 heteroatoms. The minimum absolute atomic E-state index is 0.220. The maximum absolute atomic E-state index is 11.2. The summed E-state index contributed by atoms with van der Waals surface area (Å²) < 4.78 is 13.3. The number of nitrogens with zero attached hydrogens (tertiary/aromatic N) is 2. The molecule has 0 saturated carbocycles. The van der Waals surface area contributed by atoms with Gasteiger partial charge >= 0.3 is 5.97 Å². The number of aromatic carboxylic acids is 1. The van der Waals surface area contributed by atoms with Crippen molar-refractivity contribution in [1.82, 2.24) is 9.55 Å². The lowest BCUT2D eigenvalue weighted by Crippen LogP contribution is -2.11. The summed E-state index contributed by atoms with van der Waals surface area (Å²) in [6.07, 6.45) is 0. The number of rotatable bonds is 8. The van der Waals surface area contributed by atoms with Crippen molar-refractivity contribution in [3.8, 4) is 5.75 Å². The topological polar surface area (TPSA) is 73.6 Å². The zero-order valence-corrected chi connectivity index (χ0v) is 14.9. The van der Waals surface area contributed by atoms with Crippen molar-refractivity contribution in [2.75, 3.05) is 13.2 Å². The smallest absolute Gasteiger partial charge is 0.335 e. The van der Waals surface area contributed by atoms with E-state index in [2.05, 4.69) is 4.98 Å². The summed E-state index contributed by atoms with van der Waals surface area (Å²) in [4.78, 5) is 15.8. The minimum atomic E-state index is -0.965. The Bertz CT molecular complexity index is 900. The fourth-order valence-electron chi connectivity index (χ4n) is 2.75. The Morgan fingerprint density at radius 2 is 1.96 bits per heavy atom. The van der Waals surface area contributed by atoms with Gasteiger partial charge in [0.2, 0.25) is 0 Å². The Labute approximate surface area is 152 Å². The van der Waals surface area contributed by atoms with Crippen molar-refractivity contribution >= 4 is 17.0 Å². The van der Waals surface area contributed by atoms with Crippen LogP contribution in [0.5, 0.6) is 5.75 Å². The Balaban J connectivity index is 1.88. The van der Waals surface area contributed by atoms with E-state index in [1.807, 2.05) is 42.7 Å². The van der Waals surface area contributed by atoms with E-state index in [-0.39, 0.29) is 5.56 Å². The molecule has 0 bridgehead atoms. The number of aryl methyl sites for hydroxylation is 1. The Morgan fingerprint density at radius 1 is 1.19 bits per heavy atom. The zero-order chi connectivity index (χ0) is 18.5. The number of ether oxygens (including phenoxy) is 2. The van der Waals surface area contributed by atoms with Gasteiger partial charge in [-0.25, -0.2) is 9.78 Å². The van der Waals surface area contributed by atoms with Crippen molar-refractivity contribution in [1.29, 1.82) is 0 Å². The number of carboxylic acid groups (broad SMARTS) is 1. The lowest BCUT2D eigenvalue weighted by Gasteiger charge is -2.11. The van der Waals surface area contributed by atoms with Gasteiger partial charge in [0.05, 0.1) is 23.2 Å². The van der Waals surface area contributed by atoms with E-state index in [1.54, 1.807) is 18.2 Å². The van der Waals surface area contributed by atoms with Crippen LogP contribution < -0.4 is 4.74 Å². The van der Waals surface area contributed by atoms with E-state index in [0.717, 1.165) is 17.1 Å². The fraction of sp³-hybridized carbons (Fsp3) is 0.300. The van der Waals surface area contributed by atoms with Crippen LogP contribution in [-0.2, 0) is 17.9 Å². The van der Waals surface area contributed by atoms with Crippen LogP contribution in [0.2, 0.25) is 0 Å². The highest BCUT2D eigenvalue weighted by molar-refractivity contribution is 5.92. The third-order valence-electron chi connectivity index (χ3n) is 4.13. The standard InChI is InChI=1S/C20H22N2O4/c1-3-25-11-10-22-18-9-6-15(20(23)24)12-17(18)21-19(22)13-26-16-7-4-14(2)5-8-16/h4-9,12H,3,10-11,13H2,1-2H3,(H,23,24). The van der Waals surface area contributed by atoms with Gasteiger partial charge in [-0.1, -0.05) is 17.7 Å². The predicted octanol–water partition coefficient (Wildman–Crippen LogP) is 3.66. The van der Waals surface area contributed by atoms with Gasteiger partial charge in [0.15, 0.2) is 0 Å². The summed E-state index contributed by atoms with van der Waals surface area (Å²) in [7, 11) is 0. The van der Waals surface area contributed by atoms with E-state index in [1.165, 1.54) is 5.56 Å². The van der Waals surface area contributed by atoms with E-state index in [9.17, 15) is 9.90 Å². The molecular formula is C20H22N2O4. The van der Waals surface area contributed by atoms with Gasteiger partial charge in [-0.15, -0.1) is 0 Å². The maximum atomic E-state index is 11.2. The van der Waals surface area contributed by atoms with E-state index < -0.39 is 5.97 Å². The monoisotopic (exact) mass is 354 g/mol. The quantitative estimate of drug-likeness (QED) is 0.625. The molecule has 0 aliphatic carbocycles. The number of fused-ring (bicyclic) bond motifs is 1. The largest absolute Gasteiger partial charge is 0.486 e. The molecule has 0 atom stereocenters. The SMILES string of the molecule is CCOCCn1c(COc2ccc(C)cc2)nc2cc(C(=O)O)ccc21. The van der Waals surface area contributed by atoms with Crippen LogP contribution in [0, 0.1) is 6.92 Å². The van der Waals surface area contributed by atoms with Gasteiger partial charge in [0.25, 0.3) is 0 Å². The molecule has 0 fully saturated rings. The van der Waals surface area contributed by atoms with Gasteiger partial charge in [0, 0.05) is 13.2 Å². The number of hydrogen-bond donors (Lipinski definition) is 1. The first-order valence-electron chi connectivity index (χ1n) is 8.58. The molecule has 3 rings (SSSR count). The molecule has 1 heterocycles. The number of benzene rings is 2. The van der Waals surface area contributed by atoms with Crippen LogP contribution in [-0.4, -0.2) is 33.8 Å². The number of carbonyl (C=O) groups is 1. The molecule has 0 aliphatic rings. The van der Waals surface area contributed by atoms with Crippen molar-refractivity contribution in [3.63, 3.8) is 0 Å². The van der Waals surface area contributed by atoms with Crippen LogP contribution in [0.15, 0.2) is 42.5 Å². The summed E-state index contributed by atoms with van der Waals surface area (Å²) in [6, 6.07) is 12.8. The van der Waals surface area contributed by atoms with Crippen molar-refractivity contribution in [2.45, 2.75) is 27.0 Å². The second kappa shape index (κ2) is 8.01. The minimum Gasteiger partial charge on any atom is -0.486 e. The lowest BCUT2D eigenvalue weighted by molar-refractivity contribution is 0.0697. The highest BCUT2D eigenvalue weighted by Crippen LogP contribution is 2.20. The van der Waals surface area contributed by atoms with Crippen molar-refractivity contribution < 1.29 is 19.4 Å². The number of hydrogen-bond acceptors (Lipinski definition) is 4. The van der Waals surface area contributed by atoms with E-state index >= 15 is 0 Å². The number of aromatic nitrogens is 2. The van der Waals surface area contributed by atoms with Crippen LogP contribution in [0.1, 0.15) is 28.7 Å². The van der Waals surface area contributed by atoms with Crippen molar-refractivity contribution in [3.05, 3.63) is 59.4 Å².